The van der Waals surface area contributed by atoms with Crippen molar-refractivity contribution in [3.63, 3.8) is 0 Å². The Morgan fingerprint density at radius 1 is 0.923 bits per heavy atom. The maximum absolute atomic E-state index is 12.4. The van der Waals surface area contributed by atoms with Crippen molar-refractivity contribution < 1.29 is 17.9 Å². The lowest BCUT2D eigenvalue weighted by Gasteiger charge is -2.09. The van der Waals surface area contributed by atoms with Gasteiger partial charge in [0.25, 0.3) is 0 Å². The van der Waals surface area contributed by atoms with E-state index in [-0.39, 0.29) is 5.75 Å². The minimum atomic E-state index is -4.74. The van der Waals surface area contributed by atoms with E-state index >= 15 is 0 Å². The highest BCUT2D eigenvalue weighted by atomic mass is 19.4. The van der Waals surface area contributed by atoms with E-state index in [1.165, 1.54) is 22.9 Å². The van der Waals surface area contributed by atoms with Gasteiger partial charge in [-0.25, -0.2) is 9.67 Å². The molecule has 2 heterocycles. The molecule has 0 atom stereocenters. The van der Waals surface area contributed by atoms with Crippen molar-refractivity contribution in [1.82, 2.24) is 19.7 Å². The predicted molar refractivity (Wildman–Crippen MR) is 88.8 cm³/mol. The van der Waals surface area contributed by atoms with Gasteiger partial charge in [-0.2, -0.15) is 5.10 Å². The summed E-state index contributed by atoms with van der Waals surface area (Å²) in [5, 5.41) is 4.19. The van der Waals surface area contributed by atoms with E-state index in [2.05, 4.69) is 19.8 Å². The van der Waals surface area contributed by atoms with E-state index in [9.17, 15) is 13.2 Å². The van der Waals surface area contributed by atoms with Crippen LogP contribution in [0.1, 0.15) is 0 Å². The summed E-state index contributed by atoms with van der Waals surface area (Å²) < 4.78 is 42.5. The quantitative estimate of drug-likeness (QED) is 0.547. The lowest BCUT2D eigenvalue weighted by Crippen LogP contribution is -2.17. The molecule has 0 bridgehead atoms. The minimum absolute atomic E-state index is 0.308. The molecule has 0 unspecified atom stereocenters. The number of hydrogen-bond acceptors (Lipinski definition) is 4. The number of fused-ring (bicyclic) bond motifs is 1. The van der Waals surface area contributed by atoms with E-state index in [0.29, 0.717) is 16.9 Å². The third-order valence-corrected chi connectivity index (χ3v) is 3.64. The van der Waals surface area contributed by atoms with Crippen molar-refractivity contribution in [2.24, 2.45) is 0 Å². The summed E-state index contributed by atoms with van der Waals surface area (Å²) in [6.07, 6.45) is 0.142. The number of para-hydroxylation sites is 2. The molecule has 0 fully saturated rings. The molecule has 0 amide bonds. The molecule has 26 heavy (non-hydrogen) atoms. The summed E-state index contributed by atoms with van der Waals surface area (Å²) in [7, 11) is 0. The fourth-order valence-electron chi connectivity index (χ4n) is 2.52. The number of aromatic nitrogens is 4. The smallest absolute Gasteiger partial charge is 0.406 e. The molecule has 0 N–H and O–H groups in total. The summed E-state index contributed by atoms with van der Waals surface area (Å²) in [6.45, 7) is 0. The molecule has 4 rings (SSSR count). The Morgan fingerprint density at radius 3 is 2.54 bits per heavy atom. The van der Waals surface area contributed by atoms with Crippen LogP contribution in [0.15, 0.2) is 67.1 Å². The van der Waals surface area contributed by atoms with Crippen LogP contribution in [0, 0.1) is 0 Å². The van der Waals surface area contributed by atoms with Gasteiger partial charge in [0.15, 0.2) is 0 Å². The fourth-order valence-corrected chi connectivity index (χ4v) is 2.52. The summed E-state index contributed by atoms with van der Waals surface area (Å²) in [5.74, 6) is -0.308. The first-order valence-corrected chi connectivity index (χ1v) is 7.61. The molecule has 4 aromatic rings. The van der Waals surface area contributed by atoms with Gasteiger partial charge in [0.1, 0.15) is 5.75 Å². The van der Waals surface area contributed by atoms with Gasteiger partial charge in [-0.15, -0.1) is 13.2 Å². The minimum Gasteiger partial charge on any atom is -0.406 e. The normalized spacial score (nSPS) is 11.7. The third-order valence-electron chi connectivity index (χ3n) is 3.64. The van der Waals surface area contributed by atoms with Gasteiger partial charge in [-0.05, 0) is 24.3 Å². The van der Waals surface area contributed by atoms with Gasteiger partial charge in [-0.3, -0.25) is 4.98 Å². The zero-order valence-electron chi connectivity index (χ0n) is 13.2. The Bertz CT molecular complexity index is 1080. The van der Waals surface area contributed by atoms with Gasteiger partial charge in [0, 0.05) is 17.8 Å². The molecule has 2 aromatic carbocycles. The number of ether oxygens (including phenoxy) is 1. The van der Waals surface area contributed by atoms with Gasteiger partial charge in [-0.1, -0.05) is 18.2 Å². The third kappa shape index (κ3) is 3.34. The average molecular weight is 356 g/mol. The van der Waals surface area contributed by atoms with Gasteiger partial charge >= 0.3 is 6.36 Å². The number of halogens is 3. The molecule has 0 aliphatic carbocycles. The number of alkyl halides is 3. The average Bonchev–Trinajstić information content (AvgIpc) is 3.10. The molecular weight excluding hydrogens is 345 g/mol. The van der Waals surface area contributed by atoms with E-state index in [0.717, 1.165) is 11.0 Å². The van der Waals surface area contributed by atoms with Crippen LogP contribution in [-0.2, 0) is 0 Å². The van der Waals surface area contributed by atoms with E-state index in [4.69, 9.17) is 0 Å². The first kappa shape index (κ1) is 16.1. The van der Waals surface area contributed by atoms with Crippen LogP contribution in [0.2, 0.25) is 0 Å². The van der Waals surface area contributed by atoms with E-state index in [1.807, 2.05) is 24.3 Å². The van der Waals surface area contributed by atoms with Crippen LogP contribution >= 0.6 is 0 Å². The van der Waals surface area contributed by atoms with Crippen LogP contribution in [0.4, 0.5) is 13.2 Å². The Labute approximate surface area is 145 Å². The van der Waals surface area contributed by atoms with Gasteiger partial charge in [0.2, 0.25) is 0 Å². The highest BCUT2D eigenvalue weighted by Crippen LogP contribution is 2.25. The van der Waals surface area contributed by atoms with Gasteiger partial charge in [0.05, 0.1) is 34.8 Å². The predicted octanol–water partition coefficient (Wildman–Crippen LogP) is 4.38. The second-order valence-electron chi connectivity index (χ2n) is 5.46. The summed E-state index contributed by atoms with van der Waals surface area (Å²) in [5.41, 5.74) is 3.29. The first-order chi connectivity index (χ1) is 12.5. The van der Waals surface area contributed by atoms with Crippen LogP contribution < -0.4 is 4.74 Å². The SMILES string of the molecule is FC(F)(F)Oc1cccc(-n2cc(-c3cnc4ccccc4n3)cn2)c1. The molecular formula is C18H11F3N4O. The Kier molecular flexibility index (Phi) is 3.80. The molecule has 5 nitrogen and oxygen atoms in total. The van der Waals surface area contributed by atoms with Crippen molar-refractivity contribution >= 4 is 11.0 Å². The molecule has 0 radical (unpaired) electrons. The maximum Gasteiger partial charge on any atom is 0.573 e. The van der Waals surface area contributed by atoms with Crippen molar-refractivity contribution in [2.45, 2.75) is 6.36 Å². The van der Waals surface area contributed by atoms with E-state index < -0.39 is 6.36 Å². The zero-order valence-corrected chi connectivity index (χ0v) is 13.2. The number of hydrogen-bond donors (Lipinski definition) is 0. The summed E-state index contributed by atoms with van der Waals surface area (Å²) in [6, 6.07) is 13.1. The van der Waals surface area contributed by atoms with Crippen LogP contribution in [0.5, 0.6) is 5.75 Å². The molecule has 2 aromatic heterocycles. The van der Waals surface area contributed by atoms with Crippen LogP contribution in [-0.4, -0.2) is 26.1 Å². The number of nitrogens with zero attached hydrogens (tertiary/aromatic N) is 4. The second kappa shape index (κ2) is 6.14. The maximum atomic E-state index is 12.4. The number of benzene rings is 2. The standard InChI is InChI=1S/C18H11F3N4O/c19-18(20,21)26-14-5-3-4-13(8-14)25-11-12(9-23-25)17-10-22-15-6-1-2-7-16(15)24-17/h1-11H. The Hall–Kier alpha value is -3.42. The molecule has 0 saturated heterocycles. The molecule has 0 spiro atoms. The lowest BCUT2D eigenvalue weighted by molar-refractivity contribution is -0.274. The molecule has 130 valence electrons. The number of rotatable bonds is 3. The van der Waals surface area contributed by atoms with E-state index in [1.54, 1.807) is 24.7 Å². The summed E-state index contributed by atoms with van der Waals surface area (Å²) in [4.78, 5) is 8.88. The molecule has 0 aliphatic heterocycles. The van der Waals surface area contributed by atoms with Crippen molar-refractivity contribution in [3.8, 4) is 22.7 Å². The van der Waals surface area contributed by atoms with Gasteiger partial charge < -0.3 is 4.74 Å². The summed E-state index contributed by atoms with van der Waals surface area (Å²) >= 11 is 0. The monoisotopic (exact) mass is 356 g/mol. The van der Waals surface area contributed by atoms with Crippen molar-refractivity contribution in [2.75, 3.05) is 0 Å². The Morgan fingerprint density at radius 2 is 1.73 bits per heavy atom. The van der Waals surface area contributed by atoms with Crippen molar-refractivity contribution in [3.05, 3.63) is 67.1 Å². The lowest BCUT2D eigenvalue weighted by atomic mass is 10.2. The first-order valence-electron chi connectivity index (χ1n) is 7.61. The van der Waals surface area contributed by atoms with Crippen LogP contribution in [0.25, 0.3) is 28.0 Å². The van der Waals surface area contributed by atoms with Crippen LogP contribution in [0.3, 0.4) is 0 Å². The molecule has 0 saturated carbocycles. The highest BCUT2D eigenvalue weighted by molar-refractivity contribution is 5.76. The topological polar surface area (TPSA) is 52.8 Å². The van der Waals surface area contributed by atoms with Crippen molar-refractivity contribution in [1.29, 1.82) is 0 Å². The zero-order chi connectivity index (χ0) is 18.1. The Balaban J connectivity index is 1.66. The second-order valence-corrected chi connectivity index (χ2v) is 5.46. The largest absolute Gasteiger partial charge is 0.573 e. The molecule has 0 aliphatic rings. The fraction of sp³-hybridized carbons (Fsp3) is 0.0556. The highest BCUT2D eigenvalue weighted by Gasteiger charge is 2.31. The molecule has 8 heteroatoms.